The first kappa shape index (κ1) is 20.6. The van der Waals surface area contributed by atoms with Crippen molar-refractivity contribution in [2.45, 2.75) is 43.8 Å². The van der Waals surface area contributed by atoms with Crippen LogP contribution in [0.2, 0.25) is 0 Å². The van der Waals surface area contributed by atoms with E-state index < -0.39 is 16.8 Å². The highest BCUT2D eigenvalue weighted by molar-refractivity contribution is 7.09. The first-order chi connectivity index (χ1) is 14.2. The summed E-state index contributed by atoms with van der Waals surface area (Å²) in [6.45, 7) is 0.877. The fraction of sp³-hybridized carbons (Fsp3) is 0.474. The maximum absolute atomic E-state index is 12.9. The minimum Gasteiger partial charge on any atom is -0.365 e. The number of piperidine rings is 1. The van der Waals surface area contributed by atoms with Gasteiger partial charge in [0.15, 0.2) is 5.69 Å². The molecule has 2 aromatic rings. The van der Waals surface area contributed by atoms with E-state index in [-0.39, 0.29) is 29.1 Å². The van der Waals surface area contributed by atoms with Crippen LogP contribution in [0, 0.1) is 10.1 Å². The summed E-state index contributed by atoms with van der Waals surface area (Å²) in [4.78, 5) is 28.9. The van der Waals surface area contributed by atoms with Crippen LogP contribution in [0.4, 0.5) is 24.5 Å². The third-order valence-electron chi connectivity index (χ3n) is 5.27. The summed E-state index contributed by atoms with van der Waals surface area (Å²) in [6, 6.07) is 4.50. The molecule has 1 saturated carbocycles. The highest BCUT2D eigenvalue weighted by Gasteiger charge is 2.36. The molecular weight excluding hydrogens is 421 g/mol. The van der Waals surface area contributed by atoms with Crippen LogP contribution < -0.4 is 10.2 Å². The number of halogens is 3. The van der Waals surface area contributed by atoms with Crippen LogP contribution in [0.25, 0.3) is 0 Å². The van der Waals surface area contributed by atoms with Crippen LogP contribution in [-0.4, -0.2) is 34.9 Å². The molecule has 0 bridgehead atoms. The highest BCUT2D eigenvalue weighted by Crippen LogP contribution is 2.38. The van der Waals surface area contributed by atoms with Crippen molar-refractivity contribution < 1.29 is 22.9 Å². The molecule has 1 aromatic carbocycles. The maximum Gasteiger partial charge on any atom is 0.434 e. The predicted octanol–water partition coefficient (Wildman–Crippen LogP) is 4.35. The number of hydrogen-bond donors (Lipinski definition) is 1. The molecule has 30 heavy (non-hydrogen) atoms. The standard InChI is InChI=1S/C19H19F3N4O3S/c20-19(21,22)16-10-30-18(24-16)12-2-1-7-25(9-12)14-6-3-11(8-15(14)26(28)29)17(27)23-13-4-5-13/h3,6,8,10,12-13H,1-2,4-5,7,9H2,(H,23,27). The van der Waals surface area contributed by atoms with Crippen molar-refractivity contribution in [2.24, 2.45) is 0 Å². The Morgan fingerprint density at radius 2 is 2.07 bits per heavy atom. The third kappa shape index (κ3) is 4.40. The number of nitro groups is 1. The number of carbonyl (C=O) groups excluding carboxylic acids is 1. The lowest BCUT2D eigenvalue weighted by molar-refractivity contribution is -0.384. The molecular formula is C19H19F3N4O3S. The minimum absolute atomic E-state index is 0.138. The number of nitrogens with zero attached hydrogens (tertiary/aromatic N) is 3. The molecule has 2 fully saturated rings. The summed E-state index contributed by atoms with van der Waals surface area (Å²) in [6.07, 6.45) is -1.33. The van der Waals surface area contributed by atoms with Crippen LogP contribution in [0.3, 0.4) is 0 Å². The van der Waals surface area contributed by atoms with Gasteiger partial charge in [0.25, 0.3) is 11.6 Å². The van der Waals surface area contributed by atoms with Gasteiger partial charge in [-0.1, -0.05) is 0 Å². The van der Waals surface area contributed by atoms with Crippen molar-refractivity contribution in [3.05, 3.63) is 50.0 Å². The molecule has 7 nitrogen and oxygen atoms in total. The SMILES string of the molecule is O=C(NC1CC1)c1ccc(N2CCCC(c3nc(C(F)(F)F)cs3)C2)c([N+](=O)[O-])c1. The number of rotatable bonds is 5. The van der Waals surface area contributed by atoms with E-state index in [1.54, 1.807) is 17.0 Å². The Bertz CT molecular complexity index is 974. The van der Waals surface area contributed by atoms with Crippen molar-refractivity contribution in [3.8, 4) is 0 Å². The van der Waals surface area contributed by atoms with E-state index in [4.69, 9.17) is 0 Å². The summed E-state index contributed by atoms with van der Waals surface area (Å²) in [5, 5.41) is 15.8. The number of alkyl halides is 3. The monoisotopic (exact) mass is 440 g/mol. The maximum atomic E-state index is 12.9. The minimum atomic E-state index is -4.49. The second kappa shape index (κ2) is 7.86. The molecule has 11 heteroatoms. The van der Waals surface area contributed by atoms with E-state index in [9.17, 15) is 28.1 Å². The molecule has 4 rings (SSSR count). The lowest BCUT2D eigenvalue weighted by atomic mass is 9.97. The van der Waals surface area contributed by atoms with Gasteiger partial charge in [-0.05, 0) is 37.8 Å². The largest absolute Gasteiger partial charge is 0.434 e. The second-order valence-electron chi connectivity index (χ2n) is 7.56. The average molecular weight is 440 g/mol. The number of anilines is 1. The summed E-state index contributed by atoms with van der Waals surface area (Å²) in [5.41, 5.74) is -0.508. The number of carbonyl (C=O) groups is 1. The van der Waals surface area contributed by atoms with E-state index in [1.165, 1.54) is 6.07 Å². The van der Waals surface area contributed by atoms with Crippen LogP contribution >= 0.6 is 11.3 Å². The Kier molecular flexibility index (Phi) is 5.39. The molecule has 1 amide bonds. The molecule has 2 heterocycles. The van der Waals surface area contributed by atoms with Gasteiger partial charge in [0.05, 0.1) is 9.93 Å². The molecule has 0 radical (unpaired) electrons. The van der Waals surface area contributed by atoms with Gasteiger partial charge in [-0.2, -0.15) is 13.2 Å². The number of nitro benzene ring substituents is 1. The Balaban J connectivity index is 1.55. The molecule has 2 aliphatic rings. The van der Waals surface area contributed by atoms with Crippen molar-refractivity contribution in [1.82, 2.24) is 10.3 Å². The molecule has 1 aliphatic heterocycles. The molecule has 160 valence electrons. The molecule has 1 atom stereocenters. The smallest absolute Gasteiger partial charge is 0.365 e. The molecule has 1 N–H and O–H groups in total. The number of thiazole rings is 1. The second-order valence-corrected chi connectivity index (χ2v) is 8.45. The zero-order chi connectivity index (χ0) is 21.5. The number of nitrogens with one attached hydrogen (secondary N) is 1. The van der Waals surface area contributed by atoms with Gasteiger partial charge in [-0.15, -0.1) is 11.3 Å². The Morgan fingerprint density at radius 1 is 1.30 bits per heavy atom. The van der Waals surface area contributed by atoms with Crippen LogP contribution in [0.15, 0.2) is 23.6 Å². The molecule has 1 saturated heterocycles. The van der Waals surface area contributed by atoms with E-state index >= 15 is 0 Å². The van der Waals surface area contributed by atoms with Crippen molar-refractivity contribution in [1.29, 1.82) is 0 Å². The van der Waals surface area contributed by atoms with Crippen LogP contribution in [-0.2, 0) is 6.18 Å². The van der Waals surface area contributed by atoms with Gasteiger partial charge >= 0.3 is 6.18 Å². The average Bonchev–Trinajstić information content (AvgIpc) is 3.37. The Hall–Kier alpha value is -2.69. The molecule has 0 spiro atoms. The van der Waals surface area contributed by atoms with Gasteiger partial charge < -0.3 is 10.2 Å². The first-order valence-corrected chi connectivity index (χ1v) is 10.5. The summed E-state index contributed by atoms with van der Waals surface area (Å²) in [7, 11) is 0. The Labute approximate surface area is 174 Å². The number of amides is 1. The first-order valence-electron chi connectivity index (χ1n) is 9.59. The molecule has 1 unspecified atom stereocenters. The van der Waals surface area contributed by atoms with Gasteiger partial charge in [-0.3, -0.25) is 14.9 Å². The van der Waals surface area contributed by atoms with Gasteiger partial charge in [-0.25, -0.2) is 4.98 Å². The van der Waals surface area contributed by atoms with E-state index in [0.29, 0.717) is 36.6 Å². The lowest BCUT2D eigenvalue weighted by Crippen LogP contribution is -2.35. The Morgan fingerprint density at radius 3 is 2.70 bits per heavy atom. The summed E-state index contributed by atoms with van der Waals surface area (Å²) >= 11 is 0.964. The zero-order valence-corrected chi connectivity index (χ0v) is 16.6. The third-order valence-corrected chi connectivity index (χ3v) is 6.28. The highest BCUT2D eigenvalue weighted by atomic mass is 32.1. The van der Waals surface area contributed by atoms with Gasteiger partial charge in [0.1, 0.15) is 5.69 Å². The molecule has 1 aromatic heterocycles. The number of benzene rings is 1. The van der Waals surface area contributed by atoms with Crippen molar-refractivity contribution in [3.63, 3.8) is 0 Å². The fourth-order valence-electron chi connectivity index (χ4n) is 3.58. The van der Waals surface area contributed by atoms with E-state index in [2.05, 4.69) is 10.3 Å². The predicted molar refractivity (Wildman–Crippen MR) is 105 cm³/mol. The van der Waals surface area contributed by atoms with Crippen molar-refractivity contribution in [2.75, 3.05) is 18.0 Å². The van der Waals surface area contributed by atoms with E-state index in [1.807, 2.05) is 0 Å². The zero-order valence-electron chi connectivity index (χ0n) is 15.8. The van der Waals surface area contributed by atoms with Crippen LogP contribution in [0.1, 0.15) is 52.7 Å². The normalized spacial score (nSPS) is 19.6. The fourth-order valence-corrected chi connectivity index (χ4v) is 4.53. The van der Waals surface area contributed by atoms with Gasteiger partial charge in [0, 0.05) is 42.1 Å². The number of aromatic nitrogens is 1. The van der Waals surface area contributed by atoms with Gasteiger partial charge in [0.2, 0.25) is 0 Å². The van der Waals surface area contributed by atoms with E-state index in [0.717, 1.165) is 29.6 Å². The lowest BCUT2D eigenvalue weighted by Gasteiger charge is -2.33. The summed E-state index contributed by atoms with van der Waals surface area (Å²) < 4.78 is 38.6. The van der Waals surface area contributed by atoms with Crippen molar-refractivity contribution >= 4 is 28.6 Å². The topological polar surface area (TPSA) is 88.4 Å². The van der Waals surface area contributed by atoms with Crippen LogP contribution in [0.5, 0.6) is 0 Å². The molecule has 1 aliphatic carbocycles. The summed E-state index contributed by atoms with van der Waals surface area (Å²) in [5.74, 6) is -0.580. The number of hydrogen-bond acceptors (Lipinski definition) is 6. The quantitative estimate of drug-likeness (QED) is 0.552.